The second kappa shape index (κ2) is 8.90. The molecule has 1 heterocycles. The third-order valence-electron chi connectivity index (χ3n) is 6.09. The van der Waals surface area contributed by atoms with E-state index in [1.54, 1.807) is 37.4 Å². The summed E-state index contributed by atoms with van der Waals surface area (Å²) >= 11 is 0. The van der Waals surface area contributed by atoms with Gasteiger partial charge in [-0.1, -0.05) is 31.4 Å². The standard InChI is InChI=1S/C23H27FN4O3S/c1-27(23-18-10-6-7-11-21(18)32(30,31)26-23)15-22(29)25-16-12-13-20(19(24)14-16)28(2)17-8-4-3-5-9-17/h6-7,10-14,17H,3-5,8-9,15H2,1-2H3,(H,25,29). The number of halogens is 1. The number of carbonyl (C=O) groups is 1. The van der Waals surface area contributed by atoms with Gasteiger partial charge in [-0.15, -0.1) is 4.40 Å². The topological polar surface area (TPSA) is 82.1 Å². The predicted molar refractivity (Wildman–Crippen MR) is 123 cm³/mol. The van der Waals surface area contributed by atoms with Crippen LogP contribution < -0.4 is 10.2 Å². The van der Waals surface area contributed by atoms with Crippen LogP contribution in [0.1, 0.15) is 37.7 Å². The molecule has 0 unspecified atom stereocenters. The van der Waals surface area contributed by atoms with Crippen molar-refractivity contribution in [3.63, 3.8) is 0 Å². The fraction of sp³-hybridized carbons (Fsp3) is 0.391. The minimum absolute atomic E-state index is 0.127. The van der Waals surface area contributed by atoms with E-state index < -0.39 is 15.9 Å². The number of nitrogens with zero attached hydrogens (tertiary/aromatic N) is 3. The lowest BCUT2D eigenvalue weighted by Gasteiger charge is -2.33. The minimum atomic E-state index is -3.76. The van der Waals surface area contributed by atoms with Gasteiger partial charge in [0, 0.05) is 31.4 Å². The molecule has 0 aromatic heterocycles. The number of amidine groups is 1. The van der Waals surface area contributed by atoms with E-state index in [4.69, 9.17) is 0 Å². The van der Waals surface area contributed by atoms with Gasteiger partial charge in [-0.3, -0.25) is 4.79 Å². The van der Waals surface area contributed by atoms with Crippen molar-refractivity contribution in [2.45, 2.75) is 43.0 Å². The fourth-order valence-electron chi connectivity index (χ4n) is 4.39. The molecule has 0 spiro atoms. The number of hydrogen-bond acceptors (Lipinski definition) is 5. The van der Waals surface area contributed by atoms with E-state index in [1.807, 2.05) is 11.9 Å². The molecule has 0 radical (unpaired) electrons. The Morgan fingerprint density at radius 1 is 1.12 bits per heavy atom. The quantitative estimate of drug-likeness (QED) is 0.740. The van der Waals surface area contributed by atoms with Crippen LogP contribution in [-0.2, 0) is 14.8 Å². The summed E-state index contributed by atoms with van der Waals surface area (Å²) in [6.07, 6.45) is 5.67. The van der Waals surface area contributed by atoms with E-state index in [0.717, 1.165) is 25.7 Å². The molecule has 2 aromatic rings. The van der Waals surface area contributed by atoms with Crippen molar-refractivity contribution in [2.75, 3.05) is 30.9 Å². The maximum Gasteiger partial charge on any atom is 0.285 e. The first-order chi connectivity index (χ1) is 15.3. The largest absolute Gasteiger partial charge is 0.369 e. The number of fused-ring (bicyclic) bond motifs is 1. The summed E-state index contributed by atoms with van der Waals surface area (Å²) in [5, 5.41) is 2.68. The van der Waals surface area contributed by atoms with Crippen LogP contribution in [-0.4, -0.2) is 51.7 Å². The van der Waals surface area contributed by atoms with E-state index in [2.05, 4.69) is 9.71 Å². The summed E-state index contributed by atoms with van der Waals surface area (Å²) in [5.74, 6) is -0.569. The zero-order valence-corrected chi connectivity index (χ0v) is 19.0. The SMILES string of the molecule is CN(CC(=O)Nc1ccc(N(C)C2CCCCC2)c(F)c1)C1=NS(=O)(=O)c2ccccc21. The van der Waals surface area contributed by atoms with Crippen molar-refractivity contribution in [3.8, 4) is 0 Å². The van der Waals surface area contributed by atoms with E-state index in [0.29, 0.717) is 23.0 Å². The van der Waals surface area contributed by atoms with Gasteiger partial charge in [0.05, 0.1) is 12.2 Å². The first kappa shape index (κ1) is 22.3. The summed E-state index contributed by atoms with van der Waals surface area (Å²) in [6.45, 7) is -0.131. The average molecular weight is 459 g/mol. The van der Waals surface area contributed by atoms with Crippen LogP contribution in [0.2, 0.25) is 0 Å². The number of hydrogen-bond donors (Lipinski definition) is 1. The Kier molecular flexibility index (Phi) is 6.19. The Balaban J connectivity index is 1.42. The Morgan fingerprint density at radius 3 is 2.56 bits per heavy atom. The van der Waals surface area contributed by atoms with Gasteiger partial charge in [0.25, 0.3) is 10.0 Å². The third-order valence-corrected chi connectivity index (χ3v) is 7.41. The molecule has 1 fully saturated rings. The first-order valence-electron chi connectivity index (χ1n) is 10.7. The van der Waals surface area contributed by atoms with Gasteiger partial charge in [0.15, 0.2) is 5.84 Å². The molecule has 0 bridgehead atoms. The molecular weight excluding hydrogens is 431 g/mol. The third kappa shape index (κ3) is 4.48. The Bertz CT molecular complexity index is 1160. The van der Waals surface area contributed by atoms with Crippen LogP contribution in [0.3, 0.4) is 0 Å². The van der Waals surface area contributed by atoms with Crippen LogP contribution in [0, 0.1) is 5.82 Å². The summed E-state index contributed by atoms with van der Waals surface area (Å²) in [5.41, 5.74) is 1.33. The smallest absolute Gasteiger partial charge is 0.285 e. The molecule has 1 amide bonds. The second-order valence-corrected chi connectivity index (χ2v) is 9.93. The highest BCUT2D eigenvalue weighted by Crippen LogP contribution is 2.30. The molecule has 9 heteroatoms. The highest BCUT2D eigenvalue weighted by molar-refractivity contribution is 7.90. The van der Waals surface area contributed by atoms with E-state index in [9.17, 15) is 17.6 Å². The lowest BCUT2D eigenvalue weighted by molar-refractivity contribution is -0.116. The molecule has 2 aliphatic rings. The lowest BCUT2D eigenvalue weighted by atomic mass is 9.94. The maximum absolute atomic E-state index is 14.8. The summed E-state index contributed by atoms with van der Waals surface area (Å²) in [4.78, 5) is 16.1. The van der Waals surface area contributed by atoms with Crippen molar-refractivity contribution in [3.05, 3.63) is 53.8 Å². The predicted octanol–water partition coefficient (Wildman–Crippen LogP) is 3.61. The van der Waals surface area contributed by atoms with Crippen LogP contribution >= 0.6 is 0 Å². The average Bonchev–Trinajstić information content (AvgIpc) is 3.05. The molecule has 2 aromatic carbocycles. The van der Waals surface area contributed by atoms with Crippen molar-refractivity contribution in [2.24, 2.45) is 4.40 Å². The Hall–Kier alpha value is -2.94. The maximum atomic E-state index is 14.8. The Morgan fingerprint density at radius 2 is 1.84 bits per heavy atom. The first-order valence-corrected chi connectivity index (χ1v) is 12.2. The molecule has 32 heavy (non-hydrogen) atoms. The fourth-order valence-corrected chi connectivity index (χ4v) is 5.64. The van der Waals surface area contributed by atoms with Gasteiger partial charge in [0.1, 0.15) is 10.7 Å². The highest BCUT2D eigenvalue weighted by atomic mass is 32.2. The number of sulfonamides is 1. The zero-order chi connectivity index (χ0) is 22.9. The highest BCUT2D eigenvalue weighted by Gasteiger charge is 2.31. The minimum Gasteiger partial charge on any atom is -0.369 e. The molecule has 1 saturated carbocycles. The normalized spacial score (nSPS) is 17.4. The van der Waals surface area contributed by atoms with Gasteiger partial charge >= 0.3 is 0 Å². The van der Waals surface area contributed by atoms with Crippen molar-refractivity contribution >= 4 is 33.1 Å². The number of likely N-dealkylation sites (N-methyl/N-ethyl adjacent to an activating group) is 1. The molecular formula is C23H27FN4O3S. The van der Waals surface area contributed by atoms with Gasteiger partial charge in [-0.05, 0) is 43.2 Å². The number of rotatable bonds is 5. The van der Waals surface area contributed by atoms with Gasteiger partial charge in [-0.25, -0.2) is 4.39 Å². The molecule has 170 valence electrons. The molecule has 4 rings (SSSR count). The summed E-state index contributed by atoms with van der Waals surface area (Å²) in [6, 6.07) is 11.5. The molecule has 1 N–H and O–H groups in total. The van der Waals surface area contributed by atoms with E-state index in [1.165, 1.54) is 23.5 Å². The van der Waals surface area contributed by atoms with Crippen LogP contribution in [0.4, 0.5) is 15.8 Å². The monoisotopic (exact) mass is 458 g/mol. The molecule has 1 aliphatic carbocycles. The number of carbonyl (C=O) groups excluding carboxylic acids is 1. The Labute approximate surface area is 188 Å². The summed E-state index contributed by atoms with van der Waals surface area (Å²) < 4.78 is 43.0. The number of anilines is 2. The van der Waals surface area contributed by atoms with E-state index in [-0.39, 0.29) is 23.1 Å². The van der Waals surface area contributed by atoms with Gasteiger partial charge < -0.3 is 15.1 Å². The second-order valence-electron chi connectivity index (χ2n) is 8.36. The molecule has 1 aliphatic heterocycles. The van der Waals surface area contributed by atoms with E-state index >= 15 is 0 Å². The lowest BCUT2D eigenvalue weighted by Crippen LogP contribution is -2.35. The van der Waals surface area contributed by atoms with Crippen LogP contribution in [0.15, 0.2) is 51.8 Å². The molecule has 0 saturated heterocycles. The van der Waals surface area contributed by atoms with Gasteiger partial charge in [0.2, 0.25) is 5.91 Å². The van der Waals surface area contributed by atoms with Crippen molar-refractivity contribution < 1.29 is 17.6 Å². The number of nitrogens with one attached hydrogen (secondary N) is 1. The number of amides is 1. The molecule has 7 nitrogen and oxygen atoms in total. The summed E-state index contributed by atoms with van der Waals surface area (Å²) in [7, 11) is -0.254. The zero-order valence-electron chi connectivity index (χ0n) is 18.2. The van der Waals surface area contributed by atoms with Crippen LogP contribution in [0.5, 0.6) is 0 Å². The van der Waals surface area contributed by atoms with Gasteiger partial charge in [-0.2, -0.15) is 8.42 Å². The van der Waals surface area contributed by atoms with Crippen molar-refractivity contribution in [1.29, 1.82) is 0 Å². The molecule has 0 atom stereocenters. The van der Waals surface area contributed by atoms with Crippen LogP contribution in [0.25, 0.3) is 0 Å². The van der Waals surface area contributed by atoms with Crippen molar-refractivity contribution in [1.82, 2.24) is 4.90 Å². The number of benzene rings is 2.